The molecule has 2 N–H and O–H groups in total. The monoisotopic (exact) mass is 289 g/mol. The van der Waals surface area contributed by atoms with Gasteiger partial charge in [0.2, 0.25) is 0 Å². The lowest BCUT2D eigenvalue weighted by Crippen LogP contribution is -2.28. The number of benzene rings is 2. The number of rotatable bonds is 5. The van der Waals surface area contributed by atoms with Crippen LogP contribution in [0.2, 0.25) is 0 Å². The molecule has 0 fully saturated rings. The molecule has 2 aromatic carbocycles. The van der Waals surface area contributed by atoms with Gasteiger partial charge in [0.15, 0.2) is 0 Å². The lowest BCUT2D eigenvalue weighted by Gasteiger charge is -2.12. The van der Waals surface area contributed by atoms with Crippen LogP contribution in [0.25, 0.3) is 0 Å². The predicted molar refractivity (Wildman–Crippen MR) is 76.0 cm³/mol. The Bertz CT molecular complexity index is 589. The zero-order valence-corrected chi connectivity index (χ0v) is 11.3. The third-order valence-corrected chi connectivity index (χ3v) is 2.89. The SMILES string of the molecule is O=C(NC[C@@H](O)c1cccc(F)c1)OCc1ccccc1. The molecule has 110 valence electrons. The van der Waals surface area contributed by atoms with E-state index in [0.717, 1.165) is 5.56 Å². The van der Waals surface area contributed by atoms with Gasteiger partial charge in [-0.3, -0.25) is 0 Å². The number of amides is 1. The lowest BCUT2D eigenvalue weighted by molar-refractivity contribution is 0.126. The molecule has 0 saturated carbocycles. The summed E-state index contributed by atoms with van der Waals surface area (Å²) in [5, 5.41) is 12.3. The molecule has 0 aromatic heterocycles. The van der Waals surface area contributed by atoms with Crippen LogP contribution in [0, 0.1) is 5.82 Å². The van der Waals surface area contributed by atoms with Crippen LogP contribution >= 0.6 is 0 Å². The highest BCUT2D eigenvalue weighted by atomic mass is 19.1. The van der Waals surface area contributed by atoms with Crippen LogP contribution in [-0.2, 0) is 11.3 Å². The van der Waals surface area contributed by atoms with E-state index in [1.807, 2.05) is 30.3 Å². The van der Waals surface area contributed by atoms with Crippen molar-refractivity contribution in [3.05, 3.63) is 71.5 Å². The standard InChI is InChI=1S/C16H16FNO3/c17-14-8-4-7-13(9-14)15(19)10-18-16(20)21-11-12-5-2-1-3-6-12/h1-9,15,19H,10-11H2,(H,18,20)/t15-/m1/s1. The summed E-state index contributed by atoms with van der Waals surface area (Å²) in [6.45, 7) is 0.111. The number of carbonyl (C=O) groups excluding carboxylic acids is 1. The number of hydrogen-bond acceptors (Lipinski definition) is 3. The molecular formula is C16H16FNO3. The molecule has 0 unspecified atom stereocenters. The molecular weight excluding hydrogens is 273 g/mol. The van der Waals surface area contributed by atoms with Crippen LogP contribution in [0.15, 0.2) is 54.6 Å². The van der Waals surface area contributed by atoms with Gasteiger partial charge in [0.05, 0.1) is 12.6 Å². The average molecular weight is 289 g/mol. The van der Waals surface area contributed by atoms with Crippen LogP contribution in [0.1, 0.15) is 17.2 Å². The molecule has 2 aromatic rings. The van der Waals surface area contributed by atoms with Gasteiger partial charge in [0.25, 0.3) is 0 Å². The van der Waals surface area contributed by atoms with Crippen molar-refractivity contribution in [3.63, 3.8) is 0 Å². The van der Waals surface area contributed by atoms with E-state index < -0.39 is 18.0 Å². The number of halogens is 1. The van der Waals surface area contributed by atoms with Gasteiger partial charge in [-0.25, -0.2) is 9.18 Å². The fourth-order valence-electron chi connectivity index (χ4n) is 1.79. The minimum absolute atomic E-state index is 0.0446. The molecule has 0 radical (unpaired) electrons. The Morgan fingerprint density at radius 2 is 1.95 bits per heavy atom. The molecule has 0 spiro atoms. The van der Waals surface area contributed by atoms with E-state index >= 15 is 0 Å². The van der Waals surface area contributed by atoms with Crippen molar-refractivity contribution >= 4 is 6.09 Å². The molecule has 0 heterocycles. The molecule has 0 aliphatic heterocycles. The molecule has 1 amide bonds. The summed E-state index contributed by atoms with van der Waals surface area (Å²) in [5.41, 5.74) is 1.27. The second-order valence-corrected chi connectivity index (χ2v) is 4.51. The van der Waals surface area contributed by atoms with Crippen LogP contribution in [0.5, 0.6) is 0 Å². The number of nitrogens with one attached hydrogen (secondary N) is 1. The molecule has 5 heteroatoms. The molecule has 0 bridgehead atoms. The first-order chi connectivity index (χ1) is 10.1. The summed E-state index contributed by atoms with van der Waals surface area (Å²) >= 11 is 0. The Labute approximate surface area is 122 Å². The second-order valence-electron chi connectivity index (χ2n) is 4.51. The van der Waals surface area contributed by atoms with Crippen LogP contribution in [0.4, 0.5) is 9.18 Å². The second kappa shape index (κ2) is 7.40. The molecule has 1 atom stereocenters. The maximum Gasteiger partial charge on any atom is 0.407 e. The number of alkyl carbamates (subject to hydrolysis) is 1. The van der Waals surface area contributed by atoms with Crippen molar-refractivity contribution in [2.24, 2.45) is 0 Å². The van der Waals surface area contributed by atoms with Crippen molar-refractivity contribution < 1.29 is 19.0 Å². The highest BCUT2D eigenvalue weighted by Crippen LogP contribution is 2.13. The smallest absolute Gasteiger partial charge is 0.407 e. The highest BCUT2D eigenvalue weighted by molar-refractivity contribution is 5.67. The zero-order valence-electron chi connectivity index (χ0n) is 11.3. The van der Waals surface area contributed by atoms with Gasteiger partial charge >= 0.3 is 6.09 Å². The van der Waals surface area contributed by atoms with Crippen molar-refractivity contribution in [2.45, 2.75) is 12.7 Å². The number of aliphatic hydroxyl groups is 1. The lowest BCUT2D eigenvalue weighted by atomic mass is 10.1. The van der Waals surface area contributed by atoms with Crippen LogP contribution in [-0.4, -0.2) is 17.7 Å². The van der Waals surface area contributed by atoms with Crippen molar-refractivity contribution in [1.29, 1.82) is 0 Å². The van der Waals surface area contributed by atoms with Crippen LogP contribution in [0.3, 0.4) is 0 Å². The number of ether oxygens (including phenoxy) is 1. The maximum atomic E-state index is 13.0. The van der Waals surface area contributed by atoms with E-state index in [1.54, 1.807) is 6.07 Å². The largest absolute Gasteiger partial charge is 0.445 e. The minimum atomic E-state index is -0.982. The third-order valence-electron chi connectivity index (χ3n) is 2.89. The Morgan fingerprint density at radius 3 is 2.67 bits per heavy atom. The third kappa shape index (κ3) is 4.89. The molecule has 21 heavy (non-hydrogen) atoms. The zero-order chi connectivity index (χ0) is 15.1. The first kappa shape index (κ1) is 15.0. The van der Waals surface area contributed by atoms with Gasteiger partial charge in [-0.05, 0) is 23.3 Å². The topological polar surface area (TPSA) is 58.6 Å². The predicted octanol–water partition coefficient (Wildman–Crippen LogP) is 2.79. The van der Waals surface area contributed by atoms with Crippen LogP contribution < -0.4 is 5.32 Å². The van der Waals surface area contributed by atoms with Gasteiger partial charge in [0, 0.05) is 0 Å². The van der Waals surface area contributed by atoms with E-state index in [1.165, 1.54) is 18.2 Å². The van der Waals surface area contributed by atoms with E-state index in [2.05, 4.69) is 5.32 Å². The van der Waals surface area contributed by atoms with Gasteiger partial charge in [0.1, 0.15) is 12.4 Å². The van der Waals surface area contributed by atoms with Crippen molar-refractivity contribution in [1.82, 2.24) is 5.32 Å². The van der Waals surface area contributed by atoms with E-state index in [0.29, 0.717) is 5.56 Å². The molecule has 0 aliphatic rings. The fraction of sp³-hybridized carbons (Fsp3) is 0.188. The van der Waals surface area contributed by atoms with Gasteiger partial charge in [-0.2, -0.15) is 0 Å². The van der Waals surface area contributed by atoms with Gasteiger partial charge < -0.3 is 15.2 Å². The highest BCUT2D eigenvalue weighted by Gasteiger charge is 2.10. The molecule has 2 rings (SSSR count). The number of aliphatic hydroxyl groups excluding tert-OH is 1. The minimum Gasteiger partial charge on any atom is -0.445 e. The van der Waals surface area contributed by atoms with E-state index in [9.17, 15) is 14.3 Å². The normalized spacial score (nSPS) is 11.7. The Hall–Kier alpha value is -2.40. The van der Waals surface area contributed by atoms with Crippen molar-refractivity contribution in [3.8, 4) is 0 Å². The summed E-state index contributed by atoms with van der Waals surface area (Å²) in [5.74, 6) is -0.432. The Balaban J connectivity index is 1.76. The van der Waals surface area contributed by atoms with E-state index in [4.69, 9.17) is 4.74 Å². The number of hydrogen-bond donors (Lipinski definition) is 2. The summed E-state index contributed by atoms with van der Waals surface area (Å²) in [7, 11) is 0. The quantitative estimate of drug-likeness (QED) is 0.890. The summed E-state index contributed by atoms with van der Waals surface area (Å²) in [4.78, 5) is 11.5. The van der Waals surface area contributed by atoms with Crippen molar-refractivity contribution in [2.75, 3.05) is 6.54 Å². The molecule has 0 aliphatic carbocycles. The first-order valence-corrected chi connectivity index (χ1v) is 6.53. The summed E-state index contributed by atoms with van der Waals surface area (Å²) in [6.07, 6.45) is -1.61. The summed E-state index contributed by atoms with van der Waals surface area (Å²) < 4.78 is 18.0. The Kier molecular flexibility index (Phi) is 5.29. The average Bonchev–Trinajstić information content (AvgIpc) is 2.51. The molecule has 4 nitrogen and oxygen atoms in total. The Morgan fingerprint density at radius 1 is 1.19 bits per heavy atom. The van der Waals surface area contributed by atoms with E-state index in [-0.39, 0.29) is 13.2 Å². The maximum absolute atomic E-state index is 13.0. The fourth-order valence-corrected chi connectivity index (χ4v) is 1.79. The number of carbonyl (C=O) groups is 1. The van der Waals surface area contributed by atoms with Gasteiger partial charge in [-0.15, -0.1) is 0 Å². The summed E-state index contributed by atoms with van der Waals surface area (Å²) in [6, 6.07) is 14.9. The van der Waals surface area contributed by atoms with Gasteiger partial charge in [-0.1, -0.05) is 42.5 Å². The molecule has 0 saturated heterocycles. The first-order valence-electron chi connectivity index (χ1n) is 6.53.